The molecule has 4 nitrogen and oxygen atoms in total. The Bertz CT molecular complexity index is 381. The molecule has 2 N–H and O–H groups in total. The van der Waals surface area contributed by atoms with E-state index < -0.39 is 12.0 Å². The molecule has 0 aromatic heterocycles. The highest BCUT2D eigenvalue weighted by Crippen LogP contribution is 2.18. The third-order valence-electron chi connectivity index (χ3n) is 2.21. The van der Waals surface area contributed by atoms with Gasteiger partial charge >= 0.3 is 5.97 Å². The van der Waals surface area contributed by atoms with Crippen LogP contribution in [0.1, 0.15) is 12.5 Å². The number of nitrogens with one attached hydrogen (secondary N) is 1. The van der Waals surface area contributed by atoms with E-state index in [4.69, 9.17) is 9.84 Å². The summed E-state index contributed by atoms with van der Waals surface area (Å²) in [5.74, 6) is -0.789. The molecule has 88 valence electrons. The van der Waals surface area contributed by atoms with Crippen LogP contribution in [0, 0.1) is 5.82 Å². The summed E-state index contributed by atoms with van der Waals surface area (Å²) in [6.45, 7) is 1.77. The molecule has 16 heavy (non-hydrogen) atoms. The van der Waals surface area contributed by atoms with Gasteiger partial charge in [-0.15, -0.1) is 0 Å². The number of carboxylic acid groups (broad SMARTS) is 1. The standard InChI is InChI=1S/C11H14FNO3/c1-7(11(14)15)13-6-8-5-9(12)3-4-10(8)16-2/h3-5,7,13H,6H2,1-2H3,(H,14,15)/t7-/m0/s1. The van der Waals surface area contributed by atoms with Gasteiger partial charge in [0.05, 0.1) is 7.11 Å². The number of halogens is 1. The maximum absolute atomic E-state index is 13.0. The molecular formula is C11H14FNO3. The van der Waals surface area contributed by atoms with Crippen LogP contribution >= 0.6 is 0 Å². The second-order valence-electron chi connectivity index (χ2n) is 3.40. The lowest BCUT2D eigenvalue weighted by atomic mass is 10.2. The molecule has 0 spiro atoms. The fourth-order valence-corrected chi connectivity index (χ4v) is 1.24. The Morgan fingerprint density at radius 3 is 2.88 bits per heavy atom. The van der Waals surface area contributed by atoms with E-state index in [-0.39, 0.29) is 12.4 Å². The number of benzene rings is 1. The molecule has 0 heterocycles. The van der Waals surface area contributed by atoms with E-state index >= 15 is 0 Å². The van der Waals surface area contributed by atoms with Gasteiger partial charge in [0.25, 0.3) is 0 Å². The highest BCUT2D eigenvalue weighted by atomic mass is 19.1. The molecule has 0 amide bonds. The van der Waals surface area contributed by atoms with Crippen LogP contribution < -0.4 is 10.1 Å². The quantitative estimate of drug-likeness (QED) is 0.798. The SMILES string of the molecule is COc1ccc(F)cc1CN[C@@H](C)C(=O)O. The monoisotopic (exact) mass is 227 g/mol. The number of carboxylic acids is 1. The second kappa shape index (κ2) is 5.46. The van der Waals surface area contributed by atoms with E-state index in [0.29, 0.717) is 11.3 Å². The second-order valence-corrected chi connectivity index (χ2v) is 3.40. The van der Waals surface area contributed by atoms with Crippen LogP contribution in [0.3, 0.4) is 0 Å². The molecule has 0 fully saturated rings. The Labute approximate surface area is 93.0 Å². The van der Waals surface area contributed by atoms with Gasteiger partial charge in [-0.25, -0.2) is 4.39 Å². The fraction of sp³-hybridized carbons (Fsp3) is 0.364. The number of ether oxygens (including phenoxy) is 1. The molecule has 5 heteroatoms. The van der Waals surface area contributed by atoms with Crippen molar-refractivity contribution in [3.05, 3.63) is 29.6 Å². The fourth-order valence-electron chi connectivity index (χ4n) is 1.24. The number of hydrogen-bond acceptors (Lipinski definition) is 3. The van der Waals surface area contributed by atoms with Crippen molar-refractivity contribution in [1.29, 1.82) is 0 Å². The summed E-state index contributed by atoms with van der Waals surface area (Å²) in [5, 5.41) is 11.4. The van der Waals surface area contributed by atoms with Crippen molar-refractivity contribution in [2.24, 2.45) is 0 Å². The lowest BCUT2D eigenvalue weighted by molar-refractivity contribution is -0.139. The first kappa shape index (κ1) is 12.4. The molecule has 0 saturated carbocycles. The highest BCUT2D eigenvalue weighted by molar-refractivity contribution is 5.72. The van der Waals surface area contributed by atoms with Crippen molar-refractivity contribution in [2.45, 2.75) is 19.5 Å². The van der Waals surface area contributed by atoms with E-state index in [1.807, 2.05) is 0 Å². The molecular weight excluding hydrogens is 213 g/mol. The Morgan fingerprint density at radius 2 is 2.31 bits per heavy atom. The Hall–Kier alpha value is -1.62. The minimum atomic E-state index is -0.949. The van der Waals surface area contributed by atoms with Crippen LogP contribution in [0.2, 0.25) is 0 Å². The molecule has 0 aliphatic rings. The number of aliphatic carboxylic acids is 1. The van der Waals surface area contributed by atoms with Crippen LogP contribution in [0.5, 0.6) is 5.75 Å². The largest absolute Gasteiger partial charge is 0.496 e. The van der Waals surface area contributed by atoms with Gasteiger partial charge in [-0.3, -0.25) is 4.79 Å². The zero-order valence-corrected chi connectivity index (χ0v) is 9.16. The minimum absolute atomic E-state index is 0.244. The third kappa shape index (κ3) is 3.20. The van der Waals surface area contributed by atoms with Gasteiger partial charge in [-0.1, -0.05) is 0 Å². The van der Waals surface area contributed by atoms with Crippen molar-refractivity contribution in [3.8, 4) is 5.75 Å². The molecule has 1 atom stereocenters. The zero-order valence-electron chi connectivity index (χ0n) is 9.16. The van der Waals surface area contributed by atoms with Crippen molar-refractivity contribution in [3.63, 3.8) is 0 Å². The predicted octanol–water partition coefficient (Wildman–Crippen LogP) is 1.40. The van der Waals surface area contributed by atoms with E-state index in [0.717, 1.165) is 0 Å². The number of methoxy groups -OCH3 is 1. The molecule has 1 rings (SSSR count). The smallest absolute Gasteiger partial charge is 0.320 e. The number of hydrogen-bond donors (Lipinski definition) is 2. The van der Waals surface area contributed by atoms with Gasteiger partial charge in [-0.2, -0.15) is 0 Å². The molecule has 1 aromatic rings. The van der Waals surface area contributed by atoms with Gasteiger partial charge in [0.15, 0.2) is 0 Å². The first-order valence-electron chi connectivity index (χ1n) is 4.83. The summed E-state index contributed by atoms with van der Waals surface area (Å²) in [7, 11) is 1.48. The zero-order chi connectivity index (χ0) is 12.1. The summed E-state index contributed by atoms with van der Waals surface area (Å²) < 4.78 is 18.0. The molecule has 0 aliphatic heterocycles. The Kier molecular flexibility index (Phi) is 4.25. The summed E-state index contributed by atoms with van der Waals surface area (Å²) >= 11 is 0. The van der Waals surface area contributed by atoms with Crippen molar-refractivity contribution >= 4 is 5.97 Å². The van der Waals surface area contributed by atoms with E-state index in [1.54, 1.807) is 0 Å². The topological polar surface area (TPSA) is 58.6 Å². The van der Waals surface area contributed by atoms with Crippen molar-refractivity contribution in [1.82, 2.24) is 5.32 Å². The summed E-state index contributed by atoms with van der Waals surface area (Å²) in [6.07, 6.45) is 0. The molecule has 0 aliphatic carbocycles. The first-order chi connectivity index (χ1) is 7.54. The van der Waals surface area contributed by atoms with Gasteiger partial charge in [-0.05, 0) is 25.1 Å². The summed E-state index contributed by atoms with van der Waals surface area (Å²) in [4.78, 5) is 10.6. The molecule has 0 radical (unpaired) electrons. The Morgan fingerprint density at radius 1 is 1.62 bits per heavy atom. The van der Waals surface area contributed by atoms with Gasteiger partial charge < -0.3 is 15.2 Å². The maximum atomic E-state index is 13.0. The molecule has 0 saturated heterocycles. The van der Waals surface area contributed by atoms with E-state index in [1.165, 1.54) is 32.2 Å². The van der Waals surface area contributed by atoms with Crippen LogP contribution in [0.25, 0.3) is 0 Å². The molecule has 0 unspecified atom stereocenters. The van der Waals surface area contributed by atoms with Crippen molar-refractivity contribution in [2.75, 3.05) is 7.11 Å². The van der Waals surface area contributed by atoms with Crippen LogP contribution in [0.15, 0.2) is 18.2 Å². The maximum Gasteiger partial charge on any atom is 0.320 e. The van der Waals surface area contributed by atoms with Crippen LogP contribution in [-0.4, -0.2) is 24.2 Å². The summed E-state index contributed by atoms with van der Waals surface area (Å²) in [6, 6.07) is 3.44. The van der Waals surface area contributed by atoms with E-state index in [9.17, 15) is 9.18 Å². The lowest BCUT2D eigenvalue weighted by Gasteiger charge is -2.12. The summed E-state index contributed by atoms with van der Waals surface area (Å²) in [5.41, 5.74) is 0.593. The van der Waals surface area contributed by atoms with E-state index in [2.05, 4.69) is 5.32 Å². The molecule has 1 aromatic carbocycles. The normalized spacial score (nSPS) is 12.2. The molecule has 0 bridgehead atoms. The highest BCUT2D eigenvalue weighted by Gasteiger charge is 2.11. The predicted molar refractivity (Wildman–Crippen MR) is 56.9 cm³/mol. The minimum Gasteiger partial charge on any atom is -0.496 e. The van der Waals surface area contributed by atoms with Crippen molar-refractivity contribution < 1.29 is 19.0 Å². The lowest BCUT2D eigenvalue weighted by Crippen LogP contribution is -2.33. The number of rotatable bonds is 5. The van der Waals surface area contributed by atoms with Gasteiger partial charge in [0, 0.05) is 12.1 Å². The number of carbonyl (C=O) groups is 1. The third-order valence-corrected chi connectivity index (χ3v) is 2.21. The van der Waals surface area contributed by atoms with Gasteiger partial charge in [0.2, 0.25) is 0 Å². The average Bonchev–Trinajstić information content (AvgIpc) is 2.25. The van der Waals surface area contributed by atoms with Gasteiger partial charge in [0.1, 0.15) is 17.6 Å². The van der Waals surface area contributed by atoms with Crippen LogP contribution in [-0.2, 0) is 11.3 Å². The Balaban J connectivity index is 2.72. The average molecular weight is 227 g/mol. The van der Waals surface area contributed by atoms with Crippen LogP contribution in [0.4, 0.5) is 4.39 Å². The first-order valence-corrected chi connectivity index (χ1v) is 4.83.